The maximum Gasteiger partial charge on any atom is 0.254 e. The molecule has 1 aromatic heterocycles. The van der Waals surface area contributed by atoms with Crippen molar-refractivity contribution in [2.45, 2.75) is 12.1 Å². The highest BCUT2D eigenvalue weighted by atomic mass is 16.5. The number of hydrogen-bond donors (Lipinski definition) is 2. The zero-order valence-electron chi connectivity index (χ0n) is 7.60. The second-order valence-corrected chi connectivity index (χ2v) is 3.29. The second kappa shape index (κ2) is 3.81. The molecule has 0 bridgehead atoms. The molecule has 2 atom stereocenters. The largest absolute Gasteiger partial charge is 0.472 e. The van der Waals surface area contributed by atoms with E-state index in [0.717, 1.165) is 0 Å². The molecule has 0 spiro atoms. The van der Waals surface area contributed by atoms with Crippen LogP contribution in [0.5, 0.6) is 0 Å². The number of nitrogens with two attached hydrogens (primary N) is 1. The van der Waals surface area contributed by atoms with E-state index in [-0.39, 0.29) is 18.0 Å². The van der Waals surface area contributed by atoms with Crippen LogP contribution in [0.3, 0.4) is 0 Å². The quantitative estimate of drug-likeness (QED) is 0.683. The van der Waals surface area contributed by atoms with Crippen molar-refractivity contribution in [2.24, 2.45) is 5.73 Å². The van der Waals surface area contributed by atoms with Gasteiger partial charge >= 0.3 is 0 Å². The molecule has 2 rings (SSSR count). The van der Waals surface area contributed by atoms with E-state index < -0.39 is 0 Å². The number of carbonyl (C=O) groups excluding carboxylic acids is 1. The number of carbonyl (C=O) groups is 1. The first-order valence-electron chi connectivity index (χ1n) is 4.44. The molecule has 1 aliphatic rings. The van der Waals surface area contributed by atoms with Gasteiger partial charge in [0, 0.05) is 0 Å². The SMILES string of the molecule is NC1COCC1NC(=O)c1ccoc1. The van der Waals surface area contributed by atoms with E-state index in [2.05, 4.69) is 5.32 Å². The number of amides is 1. The van der Waals surface area contributed by atoms with Gasteiger partial charge in [0.25, 0.3) is 5.91 Å². The molecule has 1 saturated heterocycles. The van der Waals surface area contributed by atoms with Gasteiger partial charge in [0.1, 0.15) is 6.26 Å². The molecule has 2 heterocycles. The summed E-state index contributed by atoms with van der Waals surface area (Å²) in [6.45, 7) is 0.973. The van der Waals surface area contributed by atoms with Crippen LogP contribution in [0.25, 0.3) is 0 Å². The molecular formula is C9H12N2O3. The number of furan rings is 1. The maximum absolute atomic E-state index is 11.5. The Kier molecular flexibility index (Phi) is 2.51. The lowest BCUT2D eigenvalue weighted by Crippen LogP contribution is -2.46. The van der Waals surface area contributed by atoms with Gasteiger partial charge in [-0.25, -0.2) is 0 Å². The van der Waals surface area contributed by atoms with Crippen LogP contribution < -0.4 is 11.1 Å². The number of nitrogens with one attached hydrogen (secondary N) is 1. The summed E-state index contributed by atoms with van der Waals surface area (Å²) in [6.07, 6.45) is 2.86. The van der Waals surface area contributed by atoms with Gasteiger partial charge in [-0.15, -0.1) is 0 Å². The number of rotatable bonds is 2. The minimum absolute atomic E-state index is 0.0996. The Morgan fingerprint density at radius 2 is 2.43 bits per heavy atom. The summed E-state index contributed by atoms with van der Waals surface area (Å²) in [5.74, 6) is -0.176. The van der Waals surface area contributed by atoms with E-state index >= 15 is 0 Å². The third-order valence-electron chi connectivity index (χ3n) is 2.22. The van der Waals surface area contributed by atoms with E-state index in [0.29, 0.717) is 18.8 Å². The first-order valence-corrected chi connectivity index (χ1v) is 4.44. The zero-order chi connectivity index (χ0) is 9.97. The van der Waals surface area contributed by atoms with Crippen molar-refractivity contribution in [1.82, 2.24) is 5.32 Å². The Labute approximate surface area is 81.2 Å². The number of ether oxygens (including phenoxy) is 1. The van der Waals surface area contributed by atoms with Crippen molar-refractivity contribution >= 4 is 5.91 Å². The van der Waals surface area contributed by atoms with Crippen molar-refractivity contribution < 1.29 is 13.9 Å². The monoisotopic (exact) mass is 196 g/mol. The van der Waals surface area contributed by atoms with Gasteiger partial charge in [0.05, 0.1) is 37.1 Å². The van der Waals surface area contributed by atoms with Crippen LogP contribution in [0.15, 0.2) is 23.0 Å². The van der Waals surface area contributed by atoms with Crippen molar-refractivity contribution in [3.63, 3.8) is 0 Å². The fraction of sp³-hybridized carbons (Fsp3) is 0.444. The lowest BCUT2D eigenvalue weighted by atomic mass is 10.2. The van der Waals surface area contributed by atoms with Gasteiger partial charge in [-0.2, -0.15) is 0 Å². The highest BCUT2D eigenvalue weighted by molar-refractivity contribution is 5.94. The second-order valence-electron chi connectivity index (χ2n) is 3.29. The first kappa shape index (κ1) is 9.23. The highest BCUT2D eigenvalue weighted by Crippen LogP contribution is 2.05. The molecule has 0 radical (unpaired) electrons. The van der Waals surface area contributed by atoms with Crippen LogP contribution in [-0.2, 0) is 4.74 Å². The fourth-order valence-electron chi connectivity index (χ4n) is 1.36. The van der Waals surface area contributed by atoms with Crippen LogP contribution in [0.2, 0.25) is 0 Å². The van der Waals surface area contributed by atoms with E-state index in [1.54, 1.807) is 6.07 Å². The third-order valence-corrected chi connectivity index (χ3v) is 2.22. The van der Waals surface area contributed by atoms with Crippen molar-refractivity contribution in [3.8, 4) is 0 Å². The molecule has 1 fully saturated rings. The number of hydrogen-bond acceptors (Lipinski definition) is 4. The Hall–Kier alpha value is -1.33. The Bertz CT molecular complexity index is 310. The molecule has 1 aromatic rings. The topological polar surface area (TPSA) is 77.5 Å². The lowest BCUT2D eigenvalue weighted by Gasteiger charge is -2.14. The molecule has 76 valence electrons. The molecule has 0 aromatic carbocycles. The predicted molar refractivity (Wildman–Crippen MR) is 48.8 cm³/mol. The third kappa shape index (κ3) is 1.78. The summed E-state index contributed by atoms with van der Waals surface area (Å²) in [5.41, 5.74) is 6.22. The molecule has 1 amide bonds. The fourth-order valence-corrected chi connectivity index (χ4v) is 1.36. The summed E-state index contributed by atoms with van der Waals surface area (Å²) in [5, 5.41) is 2.78. The highest BCUT2D eigenvalue weighted by Gasteiger charge is 2.26. The van der Waals surface area contributed by atoms with Crippen molar-refractivity contribution in [2.75, 3.05) is 13.2 Å². The summed E-state index contributed by atoms with van der Waals surface area (Å²) in [7, 11) is 0. The van der Waals surface area contributed by atoms with E-state index in [1.807, 2.05) is 0 Å². The molecule has 1 aliphatic heterocycles. The molecular weight excluding hydrogens is 184 g/mol. The normalized spacial score (nSPS) is 26.4. The van der Waals surface area contributed by atoms with Gasteiger partial charge in [0.15, 0.2) is 0 Å². The zero-order valence-corrected chi connectivity index (χ0v) is 7.60. The smallest absolute Gasteiger partial charge is 0.254 e. The maximum atomic E-state index is 11.5. The summed E-state index contributed by atoms with van der Waals surface area (Å²) in [4.78, 5) is 11.5. The average Bonchev–Trinajstić information content (AvgIpc) is 2.77. The molecule has 5 nitrogen and oxygen atoms in total. The first-order chi connectivity index (χ1) is 6.77. The summed E-state index contributed by atoms with van der Waals surface area (Å²) in [6, 6.07) is 1.39. The molecule has 3 N–H and O–H groups in total. The van der Waals surface area contributed by atoms with E-state index in [4.69, 9.17) is 14.9 Å². The van der Waals surface area contributed by atoms with Crippen LogP contribution in [0, 0.1) is 0 Å². The van der Waals surface area contributed by atoms with Crippen molar-refractivity contribution in [1.29, 1.82) is 0 Å². The average molecular weight is 196 g/mol. The molecule has 14 heavy (non-hydrogen) atoms. The molecule has 0 saturated carbocycles. The van der Waals surface area contributed by atoms with Crippen LogP contribution >= 0.6 is 0 Å². The summed E-state index contributed by atoms with van der Waals surface area (Å²) < 4.78 is 9.93. The minimum Gasteiger partial charge on any atom is -0.472 e. The predicted octanol–water partition coefficient (Wildman–Crippen LogP) is -0.265. The van der Waals surface area contributed by atoms with Crippen LogP contribution in [-0.4, -0.2) is 31.2 Å². The van der Waals surface area contributed by atoms with Gasteiger partial charge in [-0.3, -0.25) is 4.79 Å². The Morgan fingerprint density at radius 1 is 1.57 bits per heavy atom. The lowest BCUT2D eigenvalue weighted by molar-refractivity contribution is 0.0927. The van der Waals surface area contributed by atoms with E-state index in [1.165, 1.54) is 12.5 Å². The Morgan fingerprint density at radius 3 is 3.00 bits per heavy atom. The molecule has 2 unspecified atom stereocenters. The molecule has 5 heteroatoms. The van der Waals surface area contributed by atoms with Gasteiger partial charge in [-0.1, -0.05) is 0 Å². The Balaban J connectivity index is 1.95. The molecule has 0 aliphatic carbocycles. The standard InChI is InChI=1S/C9H12N2O3/c10-7-4-14-5-8(7)11-9(12)6-1-2-13-3-6/h1-3,7-8H,4-5,10H2,(H,11,12). The summed E-state index contributed by atoms with van der Waals surface area (Å²) >= 11 is 0. The van der Waals surface area contributed by atoms with Crippen molar-refractivity contribution in [3.05, 3.63) is 24.2 Å². The van der Waals surface area contributed by atoms with E-state index in [9.17, 15) is 4.79 Å². The van der Waals surface area contributed by atoms with Crippen LogP contribution in [0.1, 0.15) is 10.4 Å². The van der Waals surface area contributed by atoms with Gasteiger partial charge in [-0.05, 0) is 6.07 Å². The van der Waals surface area contributed by atoms with Gasteiger partial charge in [0.2, 0.25) is 0 Å². The van der Waals surface area contributed by atoms with Crippen LogP contribution in [0.4, 0.5) is 0 Å². The minimum atomic E-state index is -0.176. The van der Waals surface area contributed by atoms with Gasteiger partial charge < -0.3 is 20.2 Å².